The van der Waals surface area contributed by atoms with Gasteiger partial charge in [0.15, 0.2) is 0 Å². The molecule has 2 aromatic rings. The molecule has 0 atom stereocenters. The van der Waals surface area contributed by atoms with Crippen molar-refractivity contribution in [3.05, 3.63) is 42.4 Å². The molecule has 2 heterocycles. The highest BCUT2D eigenvalue weighted by atomic mass is 16.5. The summed E-state index contributed by atoms with van der Waals surface area (Å²) in [6.45, 7) is 1.44. The van der Waals surface area contributed by atoms with Crippen molar-refractivity contribution in [2.45, 2.75) is 18.9 Å². The smallest absolute Gasteiger partial charge is 0.251 e. The number of H-pyrrole nitrogens is 1. The first-order valence-corrected chi connectivity index (χ1v) is 6.80. The Morgan fingerprint density at radius 1 is 1.35 bits per heavy atom. The number of hydrogen-bond donors (Lipinski definition) is 2. The number of nitrogens with one attached hydrogen (secondary N) is 2. The van der Waals surface area contributed by atoms with Crippen LogP contribution >= 0.6 is 0 Å². The molecule has 0 unspecified atom stereocenters. The Morgan fingerprint density at radius 3 is 2.95 bits per heavy atom. The van der Waals surface area contributed by atoms with E-state index in [1.807, 2.05) is 24.3 Å². The summed E-state index contributed by atoms with van der Waals surface area (Å²) in [6, 6.07) is 7.76. The quantitative estimate of drug-likeness (QED) is 0.897. The third-order valence-corrected chi connectivity index (χ3v) is 3.49. The van der Waals surface area contributed by atoms with Crippen LogP contribution in [0.2, 0.25) is 0 Å². The lowest BCUT2D eigenvalue weighted by Crippen LogP contribution is -2.38. The van der Waals surface area contributed by atoms with Gasteiger partial charge in [-0.05, 0) is 25.0 Å². The van der Waals surface area contributed by atoms with E-state index in [0.717, 1.165) is 37.3 Å². The Balaban J connectivity index is 1.73. The number of imidazole rings is 1. The molecule has 1 fully saturated rings. The standard InChI is InChI=1S/C15H17N3O2/c19-15(18-13-4-6-20-7-5-13)12-3-1-2-11(8-12)14-9-16-10-17-14/h1-3,8-10,13H,4-7H2,(H,16,17)(H,18,19). The highest BCUT2D eigenvalue weighted by Crippen LogP contribution is 2.17. The van der Waals surface area contributed by atoms with Gasteiger partial charge in [0.25, 0.3) is 5.91 Å². The molecule has 1 saturated heterocycles. The molecule has 0 radical (unpaired) electrons. The van der Waals surface area contributed by atoms with Gasteiger partial charge in [-0.2, -0.15) is 0 Å². The summed E-state index contributed by atoms with van der Waals surface area (Å²) in [5, 5.41) is 3.06. The van der Waals surface area contributed by atoms with Crippen LogP contribution in [0.15, 0.2) is 36.8 Å². The number of rotatable bonds is 3. The summed E-state index contributed by atoms with van der Waals surface area (Å²) in [4.78, 5) is 19.3. The van der Waals surface area contributed by atoms with Crippen molar-refractivity contribution in [3.8, 4) is 11.3 Å². The van der Waals surface area contributed by atoms with E-state index in [9.17, 15) is 4.79 Å². The fraction of sp³-hybridized carbons (Fsp3) is 0.333. The van der Waals surface area contributed by atoms with Crippen molar-refractivity contribution in [1.29, 1.82) is 0 Å². The predicted octanol–water partition coefficient (Wildman–Crippen LogP) is 1.99. The van der Waals surface area contributed by atoms with Gasteiger partial charge in [-0.15, -0.1) is 0 Å². The highest BCUT2D eigenvalue weighted by molar-refractivity contribution is 5.95. The molecule has 0 saturated carbocycles. The van der Waals surface area contributed by atoms with Crippen molar-refractivity contribution < 1.29 is 9.53 Å². The zero-order valence-electron chi connectivity index (χ0n) is 11.1. The van der Waals surface area contributed by atoms with Gasteiger partial charge >= 0.3 is 0 Å². The molecule has 1 aromatic carbocycles. The largest absolute Gasteiger partial charge is 0.381 e. The van der Waals surface area contributed by atoms with E-state index in [-0.39, 0.29) is 11.9 Å². The number of carbonyl (C=O) groups excluding carboxylic acids is 1. The number of benzene rings is 1. The number of aromatic amines is 1. The number of amides is 1. The van der Waals surface area contributed by atoms with Gasteiger partial charge in [-0.3, -0.25) is 4.79 Å². The second kappa shape index (κ2) is 5.88. The molecule has 2 N–H and O–H groups in total. The molecular formula is C15H17N3O2. The van der Waals surface area contributed by atoms with E-state index >= 15 is 0 Å². The SMILES string of the molecule is O=C(NC1CCOCC1)c1cccc(-c2cnc[nH]2)c1. The zero-order valence-corrected chi connectivity index (χ0v) is 11.1. The summed E-state index contributed by atoms with van der Waals surface area (Å²) in [6.07, 6.45) is 5.14. The van der Waals surface area contributed by atoms with Crippen LogP contribution in [0.3, 0.4) is 0 Å². The van der Waals surface area contributed by atoms with E-state index < -0.39 is 0 Å². The van der Waals surface area contributed by atoms with Crippen LogP contribution in [0, 0.1) is 0 Å². The van der Waals surface area contributed by atoms with Crippen molar-refractivity contribution >= 4 is 5.91 Å². The molecular weight excluding hydrogens is 254 g/mol. The minimum Gasteiger partial charge on any atom is -0.381 e. The number of hydrogen-bond acceptors (Lipinski definition) is 3. The number of nitrogens with zero attached hydrogens (tertiary/aromatic N) is 1. The van der Waals surface area contributed by atoms with Gasteiger partial charge < -0.3 is 15.0 Å². The first kappa shape index (κ1) is 12.9. The molecule has 5 nitrogen and oxygen atoms in total. The third-order valence-electron chi connectivity index (χ3n) is 3.49. The Hall–Kier alpha value is -2.14. The molecule has 20 heavy (non-hydrogen) atoms. The Bertz CT molecular complexity index is 575. The van der Waals surface area contributed by atoms with E-state index in [4.69, 9.17) is 4.74 Å². The third kappa shape index (κ3) is 2.88. The zero-order chi connectivity index (χ0) is 13.8. The molecule has 1 amide bonds. The average Bonchev–Trinajstić information content (AvgIpc) is 3.03. The van der Waals surface area contributed by atoms with Crippen molar-refractivity contribution in [2.75, 3.05) is 13.2 Å². The van der Waals surface area contributed by atoms with Crippen molar-refractivity contribution in [3.63, 3.8) is 0 Å². The van der Waals surface area contributed by atoms with Crippen LogP contribution < -0.4 is 5.32 Å². The van der Waals surface area contributed by atoms with Crippen LogP contribution in [-0.2, 0) is 4.74 Å². The van der Waals surface area contributed by atoms with E-state index in [0.29, 0.717) is 5.56 Å². The van der Waals surface area contributed by atoms with Crippen LogP contribution in [0.4, 0.5) is 0 Å². The minimum atomic E-state index is -0.0294. The monoisotopic (exact) mass is 271 g/mol. The van der Waals surface area contributed by atoms with Crippen molar-refractivity contribution in [2.24, 2.45) is 0 Å². The van der Waals surface area contributed by atoms with Gasteiger partial charge in [0.05, 0.1) is 18.2 Å². The Morgan fingerprint density at radius 2 is 2.20 bits per heavy atom. The van der Waals surface area contributed by atoms with Crippen LogP contribution in [-0.4, -0.2) is 35.1 Å². The van der Waals surface area contributed by atoms with E-state index in [1.54, 1.807) is 12.5 Å². The normalized spacial score (nSPS) is 16.0. The average molecular weight is 271 g/mol. The molecule has 104 valence electrons. The Kier molecular flexibility index (Phi) is 3.78. The first-order chi connectivity index (χ1) is 9.83. The fourth-order valence-electron chi connectivity index (χ4n) is 2.35. The maximum absolute atomic E-state index is 12.3. The topological polar surface area (TPSA) is 67.0 Å². The summed E-state index contributed by atoms with van der Waals surface area (Å²) in [5.74, 6) is -0.0294. The molecule has 0 aliphatic carbocycles. The lowest BCUT2D eigenvalue weighted by atomic mass is 10.1. The fourth-order valence-corrected chi connectivity index (χ4v) is 2.35. The van der Waals surface area contributed by atoms with Gasteiger partial charge in [0.2, 0.25) is 0 Å². The lowest BCUT2D eigenvalue weighted by molar-refractivity contribution is 0.0696. The first-order valence-electron chi connectivity index (χ1n) is 6.80. The second-order valence-electron chi connectivity index (χ2n) is 4.91. The summed E-state index contributed by atoms with van der Waals surface area (Å²) >= 11 is 0. The van der Waals surface area contributed by atoms with Crippen LogP contribution in [0.1, 0.15) is 23.2 Å². The number of aromatic nitrogens is 2. The van der Waals surface area contributed by atoms with Gasteiger partial charge in [0, 0.05) is 30.4 Å². The van der Waals surface area contributed by atoms with Gasteiger partial charge in [0.1, 0.15) is 0 Å². The molecule has 1 aromatic heterocycles. The lowest BCUT2D eigenvalue weighted by Gasteiger charge is -2.23. The van der Waals surface area contributed by atoms with E-state index in [1.165, 1.54) is 0 Å². The molecule has 3 rings (SSSR count). The Labute approximate surface area is 117 Å². The summed E-state index contributed by atoms with van der Waals surface area (Å²) < 4.78 is 5.29. The highest BCUT2D eigenvalue weighted by Gasteiger charge is 2.17. The molecule has 5 heteroatoms. The maximum Gasteiger partial charge on any atom is 0.251 e. The minimum absolute atomic E-state index is 0.0294. The van der Waals surface area contributed by atoms with Crippen LogP contribution in [0.25, 0.3) is 11.3 Å². The maximum atomic E-state index is 12.3. The molecule has 1 aliphatic rings. The second-order valence-corrected chi connectivity index (χ2v) is 4.91. The van der Waals surface area contributed by atoms with Gasteiger partial charge in [-0.25, -0.2) is 4.98 Å². The predicted molar refractivity (Wildman–Crippen MR) is 75.3 cm³/mol. The summed E-state index contributed by atoms with van der Waals surface area (Å²) in [7, 11) is 0. The molecule has 0 bridgehead atoms. The van der Waals surface area contributed by atoms with Crippen molar-refractivity contribution in [1.82, 2.24) is 15.3 Å². The molecule has 1 aliphatic heterocycles. The van der Waals surface area contributed by atoms with Crippen LogP contribution in [0.5, 0.6) is 0 Å². The van der Waals surface area contributed by atoms with Gasteiger partial charge in [-0.1, -0.05) is 12.1 Å². The summed E-state index contributed by atoms with van der Waals surface area (Å²) in [5.41, 5.74) is 2.54. The molecule has 0 spiro atoms. The number of carbonyl (C=O) groups is 1. The van der Waals surface area contributed by atoms with E-state index in [2.05, 4.69) is 15.3 Å². The number of ether oxygens (including phenoxy) is 1.